The van der Waals surface area contributed by atoms with Gasteiger partial charge in [0.25, 0.3) is 5.91 Å². The Hall–Kier alpha value is -3.49. The highest BCUT2D eigenvalue weighted by atomic mass is 32.2. The molecule has 0 saturated heterocycles. The molecule has 0 saturated carbocycles. The van der Waals surface area contributed by atoms with Crippen molar-refractivity contribution in [2.75, 3.05) is 6.54 Å². The van der Waals surface area contributed by atoms with Crippen molar-refractivity contribution in [2.24, 2.45) is 5.10 Å². The van der Waals surface area contributed by atoms with Crippen LogP contribution in [0.5, 0.6) is 5.75 Å². The maximum Gasteiger partial charge on any atom is 0.255 e. The quantitative estimate of drug-likeness (QED) is 0.392. The summed E-state index contributed by atoms with van der Waals surface area (Å²) >= 11 is 0. The monoisotopic (exact) mass is 465 g/mol. The van der Waals surface area contributed by atoms with Crippen LogP contribution in [0.25, 0.3) is 0 Å². The van der Waals surface area contributed by atoms with Crippen LogP contribution in [0.3, 0.4) is 0 Å². The Bertz CT molecular complexity index is 1250. The van der Waals surface area contributed by atoms with E-state index in [2.05, 4.69) is 10.5 Å². The van der Waals surface area contributed by atoms with Gasteiger partial charge in [0.05, 0.1) is 17.7 Å². The number of rotatable bonds is 8. The van der Waals surface area contributed by atoms with E-state index in [1.54, 1.807) is 26.0 Å². The zero-order valence-electron chi connectivity index (χ0n) is 18.8. The first-order valence-electron chi connectivity index (χ1n) is 10.4. The molecule has 0 aliphatic carbocycles. The standard InChI is InChI=1S/C25H27N3O4S/c1-18-12-19(2)25(20(3)13-18)33(31,32)28(16-21-8-5-4-6-9-21)17-24(30)27-26-15-22-10-7-11-23(29)14-22/h4-15,29H,16-17H2,1-3H3,(H,27,30)/b26-15-. The van der Waals surface area contributed by atoms with Crippen molar-refractivity contribution >= 4 is 22.1 Å². The van der Waals surface area contributed by atoms with Crippen molar-refractivity contribution in [1.29, 1.82) is 0 Å². The van der Waals surface area contributed by atoms with Gasteiger partial charge in [-0.3, -0.25) is 4.79 Å². The fourth-order valence-electron chi connectivity index (χ4n) is 3.70. The van der Waals surface area contributed by atoms with E-state index in [1.165, 1.54) is 18.3 Å². The third-order valence-corrected chi connectivity index (χ3v) is 7.10. The van der Waals surface area contributed by atoms with E-state index in [0.717, 1.165) is 15.4 Å². The van der Waals surface area contributed by atoms with Gasteiger partial charge in [0.15, 0.2) is 0 Å². The third-order valence-electron chi connectivity index (χ3n) is 5.00. The first-order chi connectivity index (χ1) is 15.7. The van der Waals surface area contributed by atoms with Crippen molar-refractivity contribution < 1.29 is 18.3 Å². The van der Waals surface area contributed by atoms with Crippen LogP contribution in [0.4, 0.5) is 0 Å². The number of carbonyl (C=O) groups is 1. The fourth-order valence-corrected chi connectivity index (χ4v) is 5.49. The summed E-state index contributed by atoms with van der Waals surface area (Å²) in [6.45, 7) is 5.07. The van der Waals surface area contributed by atoms with E-state index in [1.807, 2.05) is 49.4 Å². The predicted molar refractivity (Wildman–Crippen MR) is 129 cm³/mol. The highest BCUT2D eigenvalue weighted by molar-refractivity contribution is 7.89. The minimum Gasteiger partial charge on any atom is -0.508 e. The molecule has 172 valence electrons. The van der Waals surface area contributed by atoms with Crippen molar-refractivity contribution in [2.45, 2.75) is 32.2 Å². The molecule has 0 radical (unpaired) electrons. The zero-order valence-corrected chi connectivity index (χ0v) is 19.6. The van der Waals surface area contributed by atoms with Gasteiger partial charge in [-0.1, -0.05) is 60.2 Å². The second-order valence-corrected chi connectivity index (χ2v) is 9.75. The van der Waals surface area contributed by atoms with Crippen LogP contribution in [-0.4, -0.2) is 36.5 Å². The molecule has 8 heteroatoms. The van der Waals surface area contributed by atoms with E-state index < -0.39 is 22.5 Å². The summed E-state index contributed by atoms with van der Waals surface area (Å²) in [5.74, 6) is -0.498. The van der Waals surface area contributed by atoms with Crippen LogP contribution in [0, 0.1) is 20.8 Å². The fraction of sp³-hybridized carbons (Fsp3) is 0.200. The van der Waals surface area contributed by atoms with E-state index in [9.17, 15) is 18.3 Å². The predicted octanol–water partition coefficient (Wildman–Crippen LogP) is 3.66. The summed E-state index contributed by atoms with van der Waals surface area (Å²) in [4.78, 5) is 12.8. The van der Waals surface area contributed by atoms with Crippen LogP contribution in [-0.2, 0) is 21.4 Å². The van der Waals surface area contributed by atoms with E-state index in [4.69, 9.17) is 0 Å². The van der Waals surface area contributed by atoms with E-state index in [0.29, 0.717) is 16.7 Å². The molecule has 0 aliphatic rings. The number of aryl methyl sites for hydroxylation is 3. The third kappa shape index (κ3) is 6.27. The average Bonchev–Trinajstić information content (AvgIpc) is 2.73. The van der Waals surface area contributed by atoms with Gasteiger partial charge in [0.2, 0.25) is 10.0 Å². The van der Waals surface area contributed by atoms with Gasteiger partial charge in [-0.15, -0.1) is 0 Å². The molecule has 0 atom stereocenters. The maximum absolute atomic E-state index is 13.6. The molecule has 0 bridgehead atoms. The zero-order chi connectivity index (χ0) is 24.0. The average molecular weight is 466 g/mol. The minimum atomic E-state index is -3.97. The minimum absolute atomic E-state index is 0.0413. The molecule has 7 nitrogen and oxygen atoms in total. The molecule has 1 amide bonds. The van der Waals surface area contributed by atoms with Crippen LogP contribution in [0.15, 0.2) is 76.7 Å². The number of nitrogens with one attached hydrogen (secondary N) is 1. The summed E-state index contributed by atoms with van der Waals surface area (Å²) in [5.41, 5.74) is 5.96. The topological polar surface area (TPSA) is 99.1 Å². The van der Waals surface area contributed by atoms with Crippen LogP contribution < -0.4 is 5.43 Å². The number of amides is 1. The van der Waals surface area contributed by atoms with Crippen LogP contribution in [0.1, 0.15) is 27.8 Å². The number of nitrogens with zero attached hydrogens (tertiary/aromatic N) is 2. The second-order valence-electron chi connectivity index (χ2n) is 7.87. The number of aromatic hydroxyl groups is 1. The number of phenolic OH excluding ortho intramolecular Hbond substituents is 1. The lowest BCUT2D eigenvalue weighted by molar-refractivity contribution is -0.121. The summed E-state index contributed by atoms with van der Waals surface area (Å²) in [5, 5.41) is 13.4. The van der Waals surface area contributed by atoms with Crippen molar-refractivity contribution in [3.8, 4) is 5.75 Å². The van der Waals surface area contributed by atoms with Gasteiger partial charge in [-0.25, -0.2) is 13.8 Å². The molecular formula is C25H27N3O4S. The molecule has 0 spiro atoms. The summed E-state index contributed by atoms with van der Waals surface area (Å²) in [6, 6.07) is 19.1. The van der Waals surface area contributed by atoms with Gasteiger partial charge in [0.1, 0.15) is 5.75 Å². The number of phenols is 1. The van der Waals surface area contributed by atoms with Gasteiger partial charge in [0, 0.05) is 6.54 Å². The van der Waals surface area contributed by atoms with Gasteiger partial charge < -0.3 is 5.11 Å². The van der Waals surface area contributed by atoms with Crippen LogP contribution in [0.2, 0.25) is 0 Å². The molecule has 3 aromatic rings. The molecule has 3 rings (SSSR count). The number of hydrazone groups is 1. The molecule has 2 N–H and O–H groups in total. The molecule has 3 aromatic carbocycles. The SMILES string of the molecule is Cc1cc(C)c(S(=O)(=O)N(CC(=O)N/N=C\c2cccc(O)c2)Cc2ccccc2)c(C)c1. The molecule has 0 unspecified atom stereocenters. The van der Waals surface area contributed by atoms with Crippen molar-refractivity contribution in [3.05, 3.63) is 94.5 Å². The Labute approximate surface area is 194 Å². The summed E-state index contributed by atoms with van der Waals surface area (Å²) in [7, 11) is -3.97. The van der Waals surface area contributed by atoms with Gasteiger partial charge in [-0.2, -0.15) is 9.41 Å². The molecule has 33 heavy (non-hydrogen) atoms. The molecule has 0 fully saturated rings. The van der Waals surface area contributed by atoms with Crippen LogP contribution >= 0.6 is 0 Å². The first kappa shape index (κ1) is 24.2. The Balaban J connectivity index is 1.86. The first-order valence-corrected chi connectivity index (χ1v) is 11.8. The lowest BCUT2D eigenvalue weighted by atomic mass is 10.1. The Morgan fingerprint density at radius 3 is 2.30 bits per heavy atom. The normalized spacial score (nSPS) is 11.8. The van der Waals surface area contributed by atoms with Gasteiger partial charge >= 0.3 is 0 Å². The summed E-state index contributed by atoms with van der Waals surface area (Å²) < 4.78 is 28.4. The number of sulfonamides is 1. The molecule has 0 aliphatic heterocycles. The largest absolute Gasteiger partial charge is 0.508 e. The maximum atomic E-state index is 13.6. The van der Waals surface area contributed by atoms with Crippen molar-refractivity contribution in [1.82, 2.24) is 9.73 Å². The number of carbonyl (C=O) groups excluding carboxylic acids is 1. The highest BCUT2D eigenvalue weighted by Crippen LogP contribution is 2.26. The molecule has 0 aromatic heterocycles. The second kappa shape index (κ2) is 10.4. The number of hydrogen-bond acceptors (Lipinski definition) is 5. The molecule has 0 heterocycles. The Morgan fingerprint density at radius 1 is 1.00 bits per heavy atom. The smallest absolute Gasteiger partial charge is 0.255 e. The summed E-state index contributed by atoms with van der Waals surface area (Å²) in [6.07, 6.45) is 1.38. The lowest BCUT2D eigenvalue weighted by Crippen LogP contribution is -2.39. The van der Waals surface area contributed by atoms with Crippen molar-refractivity contribution in [3.63, 3.8) is 0 Å². The number of benzene rings is 3. The Morgan fingerprint density at radius 2 is 1.67 bits per heavy atom. The van der Waals surface area contributed by atoms with Gasteiger partial charge in [-0.05, 0) is 55.2 Å². The van der Waals surface area contributed by atoms with E-state index >= 15 is 0 Å². The van der Waals surface area contributed by atoms with E-state index in [-0.39, 0.29) is 17.2 Å². The highest BCUT2D eigenvalue weighted by Gasteiger charge is 2.29. The lowest BCUT2D eigenvalue weighted by Gasteiger charge is -2.24. The molecular weight excluding hydrogens is 438 g/mol. The number of hydrogen-bond donors (Lipinski definition) is 2. The Kier molecular flexibility index (Phi) is 7.63.